The van der Waals surface area contributed by atoms with E-state index in [0.717, 1.165) is 0 Å². The SMILES string of the molecule is CCc1ccc(C(O)c2cc(F)c(F)cc2F)o1. The molecule has 18 heavy (non-hydrogen) atoms. The zero-order chi connectivity index (χ0) is 13.3. The second kappa shape index (κ2) is 4.86. The van der Waals surface area contributed by atoms with Gasteiger partial charge < -0.3 is 9.52 Å². The summed E-state index contributed by atoms with van der Waals surface area (Å²) in [6.45, 7) is 1.85. The van der Waals surface area contributed by atoms with Crippen molar-refractivity contribution in [2.24, 2.45) is 0 Å². The average Bonchev–Trinajstić information content (AvgIpc) is 2.81. The van der Waals surface area contributed by atoms with Gasteiger partial charge in [0.15, 0.2) is 11.6 Å². The van der Waals surface area contributed by atoms with Crippen LogP contribution in [-0.2, 0) is 6.42 Å². The lowest BCUT2D eigenvalue weighted by Crippen LogP contribution is -2.03. The molecule has 1 aromatic heterocycles. The summed E-state index contributed by atoms with van der Waals surface area (Å²) >= 11 is 0. The molecule has 2 aromatic rings. The molecular weight excluding hydrogens is 245 g/mol. The molecule has 2 nitrogen and oxygen atoms in total. The molecule has 0 saturated carbocycles. The van der Waals surface area contributed by atoms with Crippen molar-refractivity contribution in [2.45, 2.75) is 19.4 Å². The highest BCUT2D eigenvalue weighted by molar-refractivity contribution is 5.28. The Labute approximate surface area is 102 Å². The fraction of sp³-hybridized carbons (Fsp3) is 0.231. The summed E-state index contributed by atoms with van der Waals surface area (Å²) < 4.78 is 44.5. The van der Waals surface area contributed by atoms with E-state index in [1.807, 2.05) is 6.92 Å². The van der Waals surface area contributed by atoms with E-state index in [0.29, 0.717) is 24.3 Å². The second-order valence-corrected chi connectivity index (χ2v) is 3.85. The van der Waals surface area contributed by atoms with E-state index < -0.39 is 23.6 Å². The van der Waals surface area contributed by atoms with E-state index in [9.17, 15) is 18.3 Å². The summed E-state index contributed by atoms with van der Waals surface area (Å²) in [7, 11) is 0. The molecule has 0 aliphatic heterocycles. The number of halogens is 3. The fourth-order valence-electron chi connectivity index (χ4n) is 1.63. The molecule has 96 valence electrons. The van der Waals surface area contributed by atoms with E-state index in [-0.39, 0.29) is 11.3 Å². The molecule has 0 fully saturated rings. The van der Waals surface area contributed by atoms with Crippen LogP contribution in [0.2, 0.25) is 0 Å². The number of benzene rings is 1. The highest BCUT2D eigenvalue weighted by Gasteiger charge is 2.21. The number of aryl methyl sites for hydroxylation is 1. The van der Waals surface area contributed by atoms with Crippen LogP contribution in [-0.4, -0.2) is 5.11 Å². The average molecular weight is 256 g/mol. The Balaban J connectivity index is 2.39. The first-order valence-corrected chi connectivity index (χ1v) is 5.44. The molecule has 5 heteroatoms. The molecular formula is C13H11F3O2. The normalized spacial score (nSPS) is 12.7. The van der Waals surface area contributed by atoms with E-state index >= 15 is 0 Å². The maximum absolute atomic E-state index is 13.4. The number of furan rings is 1. The van der Waals surface area contributed by atoms with E-state index in [4.69, 9.17) is 4.42 Å². The largest absolute Gasteiger partial charge is 0.463 e. The van der Waals surface area contributed by atoms with E-state index in [1.54, 1.807) is 6.07 Å². The van der Waals surface area contributed by atoms with Crippen LogP contribution < -0.4 is 0 Å². The van der Waals surface area contributed by atoms with Crippen molar-refractivity contribution in [2.75, 3.05) is 0 Å². The fourth-order valence-corrected chi connectivity index (χ4v) is 1.63. The molecule has 1 heterocycles. The van der Waals surface area contributed by atoms with Gasteiger partial charge in [-0.3, -0.25) is 0 Å². The predicted octanol–water partition coefficient (Wildman–Crippen LogP) is 3.34. The van der Waals surface area contributed by atoms with Crippen LogP contribution in [0.1, 0.15) is 30.1 Å². The van der Waals surface area contributed by atoms with Gasteiger partial charge >= 0.3 is 0 Å². The van der Waals surface area contributed by atoms with Gasteiger partial charge in [-0.05, 0) is 18.2 Å². The van der Waals surface area contributed by atoms with Crippen molar-refractivity contribution in [1.29, 1.82) is 0 Å². The van der Waals surface area contributed by atoms with Gasteiger partial charge in [-0.1, -0.05) is 6.92 Å². The molecule has 2 rings (SSSR count). The van der Waals surface area contributed by atoms with Crippen molar-refractivity contribution in [3.8, 4) is 0 Å². The summed E-state index contributed by atoms with van der Waals surface area (Å²) in [4.78, 5) is 0. The molecule has 1 N–H and O–H groups in total. The monoisotopic (exact) mass is 256 g/mol. The zero-order valence-corrected chi connectivity index (χ0v) is 9.58. The number of hydrogen-bond acceptors (Lipinski definition) is 2. The lowest BCUT2D eigenvalue weighted by atomic mass is 10.1. The van der Waals surface area contributed by atoms with E-state index in [2.05, 4.69) is 0 Å². The molecule has 0 radical (unpaired) electrons. The van der Waals surface area contributed by atoms with Crippen LogP contribution in [0.25, 0.3) is 0 Å². The quantitative estimate of drug-likeness (QED) is 0.854. The molecule has 0 amide bonds. The van der Waals surface area contributed by atoms with Crippen molar-refractivity contribution in [3.05, 3.63) is 58.8 Å². The van der Waals surface area contributed by atoms with Gasteiger partial charge in [-0.15, -0.1) is 0 Å². The Kier molecular flexibility index (Phi) is 3.43. The zero-order valence-electron chi connectivity index (χ0n) is 9.58. The third-order valence-electron chi connectivity index (χ3n) is 2.63. The minimum Gasteiger partial charge on any atom is -0.463 e. The third-order valence-corrected chi connectivity index (χ3v) is 2.63. The first kappa shape index (κ1) is 12.7. The van der Waals surface area contributed by atoms with E-state index in [1.165, 1.54) is 6.07 Å². The minimum absolute atomic E-state index is 0.0942. The maximum Gasteiger partial charge on any atom is 0.161 e. The van der Waals surface area contributed by atoms with Crippen molar-refractivity contribution in [1.82, 2.24) is 0 Å². The smallest absolute Gasteiger partial charge is 0.161 e. The van der Waals surface area contributed by atoms with Gasteiger partial charge in [0.25, 0.3) is 0 Å². The summed E-state index contributed by atoms with van der Waals surface area (Å²) in [5, 5.41) is 9.87. The lowest BCUT2D eigenvalue weighted by Gasteiger charge is -2.10. The van der Waals surface area contributed by atoms with Crippen LogP contribution in [0.15, 0.2) is 28.7 Å². The van der Waals surface area contributed by atoms with Crippen LogP contribution in [0, 0.1) is 17.5 Å². The van der Waals surface area contributed by atoms with Gasteiger partial charge in [0.2, 0.25) is 0 Å². The number of aliphatic hydroxyl groups is 1. The van der Waals surface area contributed by atoms with Gasteiger partial charge in [0, 0.05) is 18.1 Å². The third kappa shape index (κ3) is 2.26. The summed E-state index contributed by atoms with van der Waals surface area (Å²) in [6.07, 6.45) is -0.840. The molecule has 0 aliphatic carbocycles. The van der Waals surface area contributed by atoms with Crippen LogP contribution >= 0.6 is 0 Å². The molecule has 1 aromatic carbocycles. The molecule has 0 spiro atoms. The van der Waals surface area contributed by atoms with Crippen molar-refractivity contribution >= 4 is 0 Å². The summed E-state index contributed by atoms with van der Waals surface area (Å²) in [5.74, 6) is -2.82. The van der Waals surface area contributed by atoms with Crippen LogP contribution in [0.4, 0.5) is 13.2 Å². The topological polar surface area (TPSA) is 33.4 Å². The van der Waals surface area contributed by atoms with Crippen LogP contribution in [0.5, 0.6) is 0 Å². The number of hydrogen-bond donors (Lipinski definition) is 1. The Morgan fingerprint density at radius 1 is 1.11 bits per heavy atom. The first-order valence-electron chi connectivity index (χ1n) is 5.44. The van der Waals surface area contributed by atoms with Gasteiger partial charge in [0.1, 0.15) is 23.4 Å². The Bertz CT molecular complexity index is 563. The van der Waals surface area contributed by atoms with Gasteiger partial charge in [0.05, 0.1) is 0 Å². The molecule has 1 atom stereocenters. The number of rotatable bonds is 3. The predicted molar refractivity (Wildman–Crippen MR) is 58.5 cm³/mol. The Morgan fingerprint density at radius 3 is 2.39 bits per heavy atom. The van der Waals surface area contributed by atoms with Gasteiger partial charge in [-0.25, -0.2) is 13.2 Å². The summed E-state index contributed by atoms with van der Waals surface area (Å²) in [5.41, 5.74) is -0.356. The first-order chi connectivity index (χ1) is 8.52. The second-order valence-electron chi connectivity index (χ2n) is 3.85. The van der Waals surface area contributed by atoms with Crippen molar-refractivity contribution < 1.29 is 22.7 Å². The molecule has 0 bridgehead atoms. The molecule has 0 aliphatic rings. The number of aliphatic hydroxyl groups excluding tert-OH is 1. The lowest BCUT2D eigenvalue weighted by molar-refractivity contribution is 0.181. The highest BCUT2D eigenvalue weighted by Crippen LogP contribution is 2.27. The molecule has 0 saturated heterocycles. The highest BCUT2D eigenvalue weighted by atomic mass is 19.2. The maximum atomic E-state index is 13.4. The Hall–Kier alpha value is -1.75. The summed E-state index contributed by atoms with van der Waals surface area (Å²) in [6, 6.07) is 4.14. The van der Waals surface area contributed by atoms with Crippen LogP contribution in [0.3, 0.4) is 0 Å². The Morgan fingerprint density at radius 2 is 1.78 bits per heavy atom. The molecule has 1 unspecified atom stereocenters. The standard InChI is InChI=1S/C13H11F3O2/c1-2-7-3-4-12(18-7)13(17)8-5-10(15)11(16)6-9(8)14/h3-6,13,17H,2H2,1H3. The van der Waals surface area contributed by atoms with Gasteiger partial charge in [-0.2, -0.15) is 0 Å². The minimum atomic E-state index is -1.46. The van der Waals surface area contributed by atoms with Crippen molar-refractivity contribution in [3.63, 3.8) is 0 Å².